The van der Waals surface area contributed by atoms with Crippen LogP contribution in [-0.2, 0) is 10.0 Å². The Hall–Kier alpha value is 0.340. The van der Waals surface area contributed by atoms with Crippen molar-refractivity contribution in [2.75, 3.05) is 20.1 Å². The van der Waals surface area contributed by atoms with Crippen LogP contribution in [0, 0.1) is 5.92 Å². The molecule has 0 spiro atoms. The van der Waals surface area contributed by atoms with Crippen molar-refractivity contribution < 1.29 is 8.42 Å². The van der Waals surface area contributed by atoms with Crippen LogP contribution in [-0.4, -0.2) is 38.9 Å². The van der Waals surface area contributed by atoms with Crippen molar-refractivity contribution in [3.05, 3.63) is 14.9 Å². The third kappa shape index (κ3) is 3.16. The van der Waals surface area contributed by atoms with Crippen molar-refractivity contribution in [3.8, 4) is 0 Å². The van der Waals surface area contributed by atoms with Gasteiger partial charge in [-0.05, 0) is 41.4 Å². The number of sulfonamides is 1. The number of hydrogen-bond acceptors (Lipinski definition) is 4. The largest absolute Gasteiger partial charge is 0.317 e. The Morgan fingerprint density at radius 2 is 2.26 bits per heavy atom. The summed E-state index contributed by atoms with van der Waals surface area (Å²) in [5.74, 6) is 0.299. The average molecular weight is 388 g/mol. The zero-order valence-electron chi connectivity index (χ0n) is 10.7. The highest BCUT2D eigenvalue weighted by atomic mass is 79.9. The highest BCUT2D eigenvalue weighted by Gasteiger charge is 2.34. The zero-order valence-corrected chi connectivity index (χ0v) is 14.7. The molecule has 0 saturated carbocycles. The van der Waals surface area contributed by atoms with E-state index in [9.17, 15) is 8.42 Å². The van der Waals surface area contributed by atoms with Gasteiger partial charge in [0.1, 0.15) is 4.21 Å². The van der Waals surface area contributed by atoms with Crippen molar-refractivity contribution >= 4 is 48.9 Å². The Morgan fingerprint density at radius 1 is 1.58 bits per heavy atom. The average Bonchev–Trinajstić information content (AvgIpc) is 2.70. The van der Waals surface area contributed by atoms with Gasteiger partial charge in [-0.3, -0.25) is 0 Å². The summed E-state index contributed by atoms with van der Waals surface area (Å²) in [7, 11) is -1.50. The molecule has 0 aromatic carbocycles. The molecule has 1 aliphatic heterocycles. The predicted molar refractivity (Wildman–Crippen MR) is 82.4 cm³/mol. The summed E-state index contributed by atoms with van der Waals surface area (Å²) in [5, 5.41) is 3.68. The predicted octanol–water partition coefficient (Wildman–Crippen LogP) is 2.78. The Balaban J connectivity index is 2.22. The maximum atomic E-state index is 12.5. The Kier molecular flexibility index (Phi) is 4.96. The summed E-state index contributed by atoms with van der Waals surface area (Å²) in [5.41, 5.74) is 0. The smallest absolute Gasteiger partial charge is 0.252 e. The van der Waals surface area contributed by atoms with Crippen LogP contribution >= 0.6 is 38.9 Å². The van der Waals surface area contributed by atoms with E-state index < -0.39 is 10.0 Å². The standard InChI is InChI=1S/C11H16BrClN2O2S2/c1-7-6-15(4-3-9(7)14-2)19(16,17)10-5-8(13)11(12)18-10/h5,7,9,14H,3-4,6H2,1-2H3. The lowest BCUT2D eigenvalue weighted by atomic mass is 9.96. The van der Waals surface area contributed by atoms with Gasteiger partial charge in [0.25, 0.3) is 10.0 Å². The molecule has 2 atom stereocenters. The molecular formula is C11H16BrClN2O2S2. The number of nitrogens with one attached hydrogen (secondary N) is 1. The van der Waals surface area contributed by atoms with Gasteiger partial charge in [0, 0.05) is 19.1 Å². The Bertz CT molecular complexity index is 542. The van der Waals surface area contributed by atoms with Gasteiger partial charge in [0.05, 0.1) is 8.81 Å². The minimum atomic E-state index is -3.42. The van der Waals surface area contributed by atoms with Crippen LogP contribution in [0.5, 0.6) is 0 Å². The molecule has 1 fully saturated rings. The molecule has 0 amide bonds. The van der Waals surface area contributed by atoms with Gasteiger partial charge in [0.2, 0.25) is 0 Å². The van der Waals surface area contributed by atoms with Crippen molar-refractivity contribution in [2.24, 2.45) is 5.92 Å². The van der Waals surface area contributed by atoms with E-state index in [0.717, 1.165) is 17.8 Å². The number of rotatable bonds is 3. The molecule has 0 radical (unpaired) electrons. The molecule has 0 bridgehead atoms. The lowest BCUT2D eigenvalue weighted by Gasteiger charge is -2.35. The molecule has 1 aliphatic rings. The van der Waals surface area contributed by atoms with Crippen LogP contribution in [0.4, 0.5) is 0 Å². The van der Waals surface area contributed by atoms with Gasteiger partial charge in [-0.25, -0.2) is 8.42 Å². The molecule has 0 aliphatic carbocycles. The molecule has 2 unspecified atom stereocenters. The van der Waals surface area contributed by atoms with Crippen molar-refractivity contribution in [1.82, 2.24) is 9.62 Å². The van der Waals surface area contributed by atoms with Crippen molar-refractivity contribution in [3.63, 3.8) is 0 Å². The summed E-state index contributed by atoms with van der Waals surface area (Å²) in [6, 6.07) is 1.89. The van der Waals surface area contributed by atoms with Crippen LogP contribution in [0.15, 0.2) is 14.1 Å². The van der Waals surface area contributed by atoms with Crippen LogP contribution in [0.2, 0.25) is 5.02 Å². The molecular weight excluding hydrogens is 372 g/mol. The number of hydrogen-bond donors (Lipinski definition) is 1. The molecule has 1 aromatic heterocycles. The van der Waals surface area contributed by atoms with E-state index in [2.05, 4.69) is 28.2 Å². The summed E-state index contributed by atoms with van der Waals surface area (Å²) >= 11 is 10.3. The van der Waals surface area contributed by atoms with Crippen molar-refractivity contribution in [1.29, 1.82) is 0 Å². The molecule has 8 heteroatoms. The van der Waals surface area contributed by atoms with E-state index in [-0.39, 0.29) is 0 Å². The monoisotopic (exact) mass is 386 g/mol. The fourth-order valence-corrected chi connectivity index (χ4v) is 6.44. The fraction of sp³-hybridized carbons (Fsp3) is 0.636. The van der Waals surface area contributed by atoms with E-state index in [1.54, 1.807) is 4.31 Å². The summed E-state index contributed by atoms with van der Waals surface area (Å²) < 4.78 is 27.6. The van der Waals surface area contributed by atoms with Crippen LogP contribution in [0.25, 0.3) is 0 Å². The van der Waals surface area contributed by atoms with E-state index in [0.29, 0.717) is 38.1 Å². The van der Waals surface area contributed by atoms with Crippen LogP contribution < -0.4 is 5.32 Å². The highest BCUT2D eigenvalue weighted by Crippen LogP contribution is 2.36. The molecule has 2 heterocycles. The minimum absolute atomic E-state index is 0.299. The van der Waals surface area contributed by atoms with Crippen LogP contribution in [0.3, 0.4) is 0 Å². The molecule has 2 rings (SSSR count). The second-order valence-electron chi connectivity index (χ2n) is 4.71. The van der Waals surface area contributed by atoms with Gasteiger partial charge < -0.3 is 5.32 Å². The molecule has 4 nitrogen and oxygen atoms in total. The van der Waals surface area contributed by atoms with Gasteiger partial charge in [-0.1, -0.05) is 18.5 Å². The summed E-state index contributed by atoms with van der Waals surface area (Å²) in [6.07, 6.45) is 0.831. The molecule has 19 heavy (non-hydrogen) atoms. The van der Waals surface area contributed by atoms with Gasteiger partial charge in [-0.2, -0.15) is 4.31 Å². The highest BCUT2D eigenvalue weighted by molar-refractivity contribution is 9.11. The minimum Gasteiger partial charge on any atom is -0.317 e. The lowest BCUT2D eigenvalue weighted by Crippen LogP contribution is -2.48. The van der Waals surface area contributed by atoms with Crippen molar-refractivity contribution in [2.45, 2.75) is 23.6 Å². The zero-order chi connectivity index (χ0) is 14.2. The first-order valence-electron chi connectivity index (χ1n) is 5.98. The number of halogens is 2. The van der Waals surface area contributed by atoms with Gasteiger partial charge >= 0.3 is 0 Å². The summed E-state index contributed by atoms with van der Waals surface area (Å²) in [4.78, 5) is 0. The summed E-state index contributed by atoms with van der Waals surface area (Å²) in [6.45, 7) is 3.16. The molecule has 108 valence electrons. The van der Waals surface area contributed by atoms with Crippen LogP contribution in [0.1, 0.15) is 13.3 Å². The second-order valence-corrected chi connectivity index (χ2v) is 9.65. The maximum Gasteiger partial charge on any atom is 0.252 e. The van der Waals surface area contributed by atoms with E-state index in [1.165, 1.54) is 6.07 Å². The quantitative estimate of drug-likeness (QED) is 0.867. The van der Waals surface area contributed by atoms with E-state index >= 15 is 0 Å². The lowest BCUT2D eigenvalue weighted by molar-refractivity contribution is 0.228. The molecule has 1 N–H and O–H groups in total. The first-order valence-corrected chi connectivity index (χ1v) is 9.41. The first-order chi connectivity index (χ1) is 8.86. The van der Waals surface area contributed by atoms with Gasteiger partial charge in [0.15, 0.2) is 0 Å². The Labute approximate surface area is 131 Å². The maximum absolute atomic E-state index is 12.5. The third-order valence-electron chi connectivity index (χ3n) is 3.46. The normalized spacial score (nSPS) is 25.7. The fourth-order valence-electron chi connectivity index (χ4n) is 2.34. The topological polar surface area (TPSA) is 49.4 Å². The first kappa shape index (κ1) is 15.7. The molecule has 1 aromatic rings. The third-order valence-corrected chi connectivity index (χ3v) is 8.24. The Morgan fingerprint density at radius 3 is 2.74 bits per heavy atom. The SMILES string of the molecule is CNC1CCN(S(=O)(=O)c2cc(Cl)c(Br)s2)CC1C. The van der Waals surface area contributed by atoms with E-state index in [1.807, 2.05) is 7.05 Å². The number of nitrogens with zero attached hydrogens (tertiary/aromatic N) is 1. The van der Waals surface area contributed by atoms with Gasteiger partial charge in [-0.15, -0.1) is 11.3 Å². The van der Waals surface area contributed by atoms with E-state index in [4.69, 9.17) is 11.6 Å². The second kappa shape index (κ2) is 5.99. The molecule has 1 saturated heterocycles. The number of piperidine rings is 1. The number of thiophene rings is 1.